The van der Waals surface area contributed by atoms with Crippen molar-refractivity contribution in [2.24, 2.45) is 11.1 Å². The van der Waals surface area contributed by atoms with Gasteiger partial charge in [-0.05, 0) is 37.9 Å². The number of nitrogens with two attached hydrogens (primary N) is 1. The second-order valence-corrected chi connectivity index (χ2v) is 6.05. The molecule has 20 heavy (non-hydrogen) atoms. The molecule has 5 heteroatoms. The second kappa shape index (κ2) is 6.70. The lowest BCUT2D eigenvalue weighted by molar-refractivity contribution is 0.0728. The summed E-state index contributed by atoms with van der Waals surface area (Å²) in [7, 11) is 1.76. The third kappa shape index (κ3) is 4.49. The smallest absolute Gasteiger partial charge is 0.276 e. The van der Waals surface area contributed by atoms with E-state index in [0.29, 0.717) is 24.5 Å². The first-order valence-electron chi connectivity index (χ1n) is 6.84. The van der Waals surface area contributed by atoms with Crippen LogP contribution in [0.15, 0.2) is 18.3 Å². The lowest BCUT2D eigenvalue weighted by Crippen LogP contribution is -2.40. The van der Waals surface area contributed by atoms with Crippen LogP contribution < -0.4 is 10.5 Å². The first-order chi connectivity index (χ1) is 9.26. The lowest BCUT2D eigenvalue weighted by Gasteiger charge is -2.29. The van der Waals surface area contributed by atoms with Crippen molar-refractivity contribution in [2.45, 2.75) is 33.8 Å². The van der Waals surface area contributed by atoms with Gasteiger partial charge in [-0.2, -0.15) is 0 Å². The normalized spacial score (nSPS) is 11.6. The van der Waals surface area contributed by atoms with Crippen LogP contribution in [0.25, 0.3) is 0 Å². The molecule has 1 aromatic rings. The fourth-order valence-corrected chi connectivity index (χ4v) is 1.86. The fourth-order valence-electron chi connectivity index (χ4n) is 1.86. The van der Waals surface area contributed by atoms with Crippen LogP contribution in [0.2, 0.25) is 0 Å². The van der Waals surface area contributed by atoms with Gasteiger partial charge in [-0.15, -0.1) is 0 Å². The number of hydrogen-bond donors (Lipinski definition) is 1. The Morgan fingerprint density at radius 1 is 1.50 bits per heavy atom. The van der Waals surface area contributed by atoms with E-state index in [1.54, 1.807) is 30.3 Å². The highest BCUT2D eigenvalue weighted by atomic mass is 16.5. The Kier molecular flexibility index (Phi) is 5.51. The molecule has 0 saturated carbocycles. The number of hydrogen-bond acceptors (Lipinski definition) is 4. The SMILES string of the molecule is CC(C)Oc1cccnc1C(=O)N(C)CC(C)(C)CN. The van der Waals surface area contributed by atoms with Crippen LogP contribution in [0, 0.1) is 5.41 Å². The van der Waals surface area contributed by atoms with E-state index >= 15 is 0 Å². The van der Waals surface area contributed by atoms with Crippen LogP contribution in [0.3, 0.4) is 0 Å². The molecule has 0 atom stereocenters. The standard InChI is InChI=1S/C15H25N3O2/c1-11(2)20-12-7-6-8-17-13(12)14(19)18(5)10-15(3,4)9-16/h6-8,11H,9-10,16H2,1-5H3. The van der Waals surface area contributed by atoms with Crippen molar-refractivity contribution in [1.82, 2.24) is 9.88 Å². The Labute approximate surface area is 121 Å². The number of aromatic nitrogens is 1. The number of carbonyl (C=O) groups is 1. The minimum absolute atomic E-state index is 0.00320. The van der Waals surface area contributed by atoms with E-state index in [0.717, 1.165) is 0 Å². The molecule has 1 heterocycles. The van der Waals surface area contributed by atoms with E-state index in [9.17, 15) is 4.79 Å². The molecular weight excluding hydrogens is 254 g/mol. The Bertz CT molecular complexity index is 458. The minimum Gasteiger partial charge on any atom is -0.489 e. The van der Waals surface area contributed by atoms with Crippen LogP contribution >= 0.6 is 0 Å². The van der Waals surface area contributed by atoms with E-state index in [4.69, 9.17) is 10.5 Å². The van der Waals surface area contributed by atoms with Gasteiger partial charge in [-0.3, -0.25) is 4.79 Å². The van der Waals surface area contributed by atoms with Gasteiger partial charge < -0.3 is 15.4 Å². The molecule has 1 rings (SSSR count). The minimum atomic E-state index is -0.150. The summed E-state index contributed by atoms with van der Waals surface area (Å²) < 4.78 is 5.64. The van der Waals surface area contributed by atoms with Crippen molar-refractivity contribution in [3.05, 3.63) is 24.0 Å². The van der Waals surface area contributed by atoms with Crippen molar-refractivity contribution in [3.8, 4) is 5.75 Å². The number of amides is 1. The summed E-state index contributed by atoms with van der Waals surface area (Å²) >= 11 is 0. The first kappa shape index (κ1) is 16.4. The van der Waals surface area contributed by atoms with Gasteiger partial charge in [0.1, 0.15) is 0 Å². The molecule has 0 bridgehead atoms. The van der Waals surface area contributed by atoms with Crippen LogP contribution in [0.1, 0.15) is 38.2 Å². The second-order valence-electron chi connectivity index (χ2n) is 6.05. The van der Waals surface area contributed by atoms with Crippen molar-refractivity contribution in [1.29, 1.82) is 0 Å². The average Bonchev–Trinajstić information content (AvgIpc) is 2.37. The van der Waals surface area contributed by atoms with Crippen LogP contribution in [-0.2, 0) is 0 Å². The Morgan fingerprint density at radius 2 is 2.15 bits per heavy atom. The number of carbonyl (C=O) groups excluding carboxylic acids is 1. The molecule has 1 aromatic heterocycles. The highest BCUT2D eigenvalue weighted by Gasteiger charge is 2.24. The lowest BCUT2D eigenvalue weighted by atomic mass is 9.93. The van der Waals surface area contributed by atoms with E-state index in [2.05, 4.69) is 4.98 Å². The molecule has 0 spiro atoms. The molecule has 0 fully saturated rings. The van der Waals surface area contributed by atoms with Crippen molar-refractivity contribution >= 4 is 5.91 Å². The number of nitrogens with zero attached hydrogens (tertiary/aromatic N) is 2. The summed E-state index contributed by atoms with van der Waals surface area (Å²) in [5.74, 6) is 0.368. The maximum Gasteiger partial charge on any atom is 0.276 e. The van der Waals surface area contributed by atoms with E-state index in [-0.39, 0.29) is 17.4 Å². The zero-order chi connectivity index (χ0) is 15.3. The third-order valence-electron chi connectivity index (χ3n) is 2.90. The monoisotopic (exact) mass is 279 g/mol. The van der Waals surface area contributed by atoms with Crippen molar-refractivity contribution in [2.75, 3.05) is 20.1 Å². The van der Waals surface area contributed by atoms with Gasteiger partial charge >= 0.3 is 0 Å². The quantitative estimate of drug-likeness (QED) is 0.864. The summed E-state index contributed by atoms with van der Waals surface area (Å²) in [5.41, 5.74) is 5.93. The molecule has 0 aliphatic carbocycles. The third-order valence-corrected chi connectivity index (χ3v) is 2.90. The number of rotatable bonds is 6. The van der Waals surface area contributed by atoms with Gasteiger partial charge in [-0.25, -0.2) is 4.98 Å². The summed E-state index contributed by atoms with van der Waals surface area (Å²) in [6, 6.07) is 3.53. The van der Waals surface area contributed by atoms with Crippen LogP contribution in [0.5, 0.6) is 5.75 Å². The van der Waals surface area contributed by atoms with Gasteiger partial charge in [0.05, 0.1) is 6.10 Å². The Morgan fingerprint density at radius 3 is 2.70 bits per heavy atom. The largest absolute Gasteiger partial charge is 0.489 e. The predicted octanol–water partition coefficient (Wildman–Crippen LogP) is 1.93. The van der Waals surface area contributed by atoms with Crippen molar-refractivity contribution in [3.63, 3.8) is 0 Å². The molecule has 0 aliphatic heterocycles. The molecule has 112 valence electrons. The Hall–Kier alpha value is -1.62. The summed E-state index contributed by atoms with van der Waals surface area (Å²) in [6.45, 7) is 8.98. The molecular formula is C15H25N3O2. The molecule has 0 saturated heterocycles. The van der Waals surface area contributed by atoms with Crippen LogP contribution in [0.4, 0.5) is 0 Å². The topological polar surface area (TPSA) is 68.5 Å². The molecule has 0 aromatic carbocycles. The van der Waals surface area contributed by atoms with Gasteiger partial charge in [-0.1, -0.05) is 13.8 Å². The summed E-state index contributed by atoms with van der Waals surface area (Å²) in [4.78, 5) is 18.3. The summed E-state index contributed by atoms with van der Waals surface area (Å²) in [5, 5.41) is 0. The average molecular weight is 279 g/mol. The molecule has 0 radical (unpaired) electrons. The van der Waals surface area contributed by atoms with Crippen molar-refractivity contribution < 1.29 is 9.53 Å². The van der Waals surface area contributed by atoms with Gasteiger partial charge in [0.15, 0.2) is 11.4 Å². The first-order valence-corrected chi connectivity index (χ1v) is 6.84. The van der Waals surface area contributed by atoms with E-state index in [1.165, 1.54) is 0 Å². The van der Waals surface area contributed by atoms with E-state index < -0.39 is 0 Å². The fraction of sp³-hybridized carbons (Fsp3) is 0.600. The highest BCUT2D eigenvalue weighted by molar-refractivity contribution is 5.94. The van der Waals surface area contributed by atoms with Gasteiger partial charge in [0, 0.05) is 19.8 Å². The molecule has 0 unspecified atom stereocenters. The maximum absolute atomic E-state index is 12.5. The molecule has 5 nitrogen and oxygen atoms in total. The summed E-state index contributed by atoms with van der Waals surface area (Å²) in [6.07, 6.45) is 1.60. The zero-order valence-electron chi connectivity index (χ0n) is 13.0. The highest BCUT2D eigenvalue weighted by Crippen LogP contribution is 2.21. The zero-order valence-corrected chi connectivity index (χ0v) is 13.0. The predicted molar refractivity (Wildman–Crippen MR) is 79.8 cm³/mol. The number of pyridine rings is 1. The van der Waals surface area contributed by atoms with Crippen LogP contribution in [-0.4, -0.2) is 42.0 Å². The molecule has 2 N–H and O–H groups in total. The Balaban J connectivity index is 2.91. The van der Waals surface area contributed by atoms with Gasteiger partial charge in [0.25, 0.3) is 5.91 Å². The molecule has 1 amide bonds. The van der Waals surface area contributed by atoms with E-state index in [1.807, 2.05) is 27.7 Å². The molecule has 0 aliphatic rings. The van der Waals surface area contributed by atoms with Gasteiger partial charge in [0.2, 0.25) is 0 Å². The number of ether oxygens (including phenoxy) is 1. The maximum atomic E-state index is 12.5.